The minimum absolute atomic E-state index is 0. The highest BCUT2D eigenvalue weighted by atomic mass is 35.5. The minimum Gasteiger partial charge on any atom is -1.00 e. The average molecular weight is 326 g/mol. The summed E-state index contributed by atoms with van der Waals surface area (Å²) in [5.74, 6) is 1.65. The van der Waals surface area contributed by atoms with Gasteiger partial charge in [-0.15, -0.1) is 0 Å². The Kier molecular flexibility index (Phi) is 5.20. The Morgan fingerprint density at radius 1 is 0.826 bits per heavy atom. The number of hydrogen-bond donors (Lipinski definition) is 1. The van der Waals surface area contributed by atoms with Crippen molar-refractivity contribution in [2.24, 2.45) is 11.8 Å². The van der Waals surface area contributed by atoms with E-state index in [9.17, 15) is 0 Å². The monoisotopic (exact) mass is 325 g/mol. The maximum Gasteiger partial charge on any atom is 0.0837 e. The quantitative estimate of drug-likeness (QED) is 0.813. The number of halogens is 1. The summed E-state index contributed by atoms with van der Waals surface area (Å²) in [5, 5.41) is 0. The molecular formula is C21H24ClN. The Morgan fingerprint density at radius 3 is 1.78 bits per heavy atom. The molecule has 2 aromatic carbocycles. The summed E-state index contributed by atoms with van der Waals surface area (Å²) in [4.78, 5) is 1.81. The molecule has 0 spiro atoms. The van der Waals surface area contributed by atoms with Gasteiger partial charge in [-0.3, -0.25) is 0 Å². The molecule has 0 aromatic heterocycles. The van der Waals surface area contributed by atoms with Gasteiger partial charge in [0.15, 0.2) is 0 Å². The second kappa shape index (κ2) is 7.33. The zero-order valence-electron chi connectivity index (χ0n) is 13.4. The van der Waals surface area contributed by atoms with Crippen LogP contribution in [0.1, 0.15) is 24.0 Å². The molecule has 3 fully saturated rings. The lowest BCUT2D eigenvalue weighted by Gasteiger charge is -2.41. The number of piperidine rings is 3. The first kappa shape index (κ1) is 16.3. The number of hydrogen-bond acceptors (Lipinski definition) is 0. The first-order valence-corrected chi connectivity index (χ1v) is 8.56. The molecule has 0 radical (unpaired) electrons. The van der Waals surface area contributed by atoms with E-state index in [1.165, 1.54) is 49.2 Å². The molecule has 0 saturated carbocycles. The number of fused-ring (bicyclic) bond motifs is 3. The summed E-state index contributed by atoms with van der Waals surface area (Å²) in [5.41, 5.74) is 4.11. The summed E-state index contributed by atoms with van der Waals surface area (Å²) in [6.45, 7) is 4.11. The van der Waals surface area contributed by atoms with E-state index >= 15 is 0 Å². The van der Waals surface area contributed by atoms with E-state index in [1.807, 2.05) is 4.90 Å². The Bertz CT molecular complexity index is 601. The fourth-order valence-electron chi connectivity index (χ4n) is 4.18. The molecular weight excluding hydrogens is 302 g/mol. The van der Waals surface area contributed by atoms with Gasteiger partial charge in [-0.25, -0.2) is 0 Å². The van der Waals surface area contributed by atoms with Crippen LogP contribution in [0.25, 0.3) is 5.57 Å². The predicted molar refractivity (Wildman–Crippen MR) is 91.7 cm³/mol. The molecule has 1 atom stereocenters. The topological polar surface area (TPSA) is 4.44 Å². The van der Waals surface area contributed by atoms with Crippen molar-refractivity contribution < 1.29 is 17.3 Å². The normalized spacial score (nSPS) is 25.5. The van der Waals surface area contributed by atoms with Crippen LogP contribution in [0.5, 0.6) is 0 Å². The zero-order chi connectivity index (χ0) is 14.8. The second-order valence-electron chi connectivity index (χ2n) is 6.77. The molecule has 0 amide bonds. The Morgan fingerprint density at radius 2 is 1.35 bits per heavy atom. The van der Waals surface area contributed by atoms with Crippen LogP contribution in [0.3, 0.4) is 0 Å². The maximum absolute atomic E-state index is 2.58. The van der Waals surface area contributed by atoms with Crippen molar-refractivity contribution in [2.45, 2.75) is 12.8 Å². The lowest BCUT2D eigenvalue weighted by atomic mass is 9.77. The maximum atomic E-state index is 2.58. The van der Waals surface area contributed by atoms with E-state index in [0.29, 0.717) is 0 Å². The third kappa shape index (κ3) is 3.52. The third-order valence-electron chi connectivity index (χ3n) is 5.42. The van der Waals surface area contributed by atoms with Crippen molar-refractivity contribution >= 4 is 5.57 Å². The van der Waals surface area contributed by atoms with E-state index in [4.69, 9.17) is 0 Å². The first-order valence-electron chi connectivity index (χ1n) is 8.56. The fourth-order valence-corrected chi connectivity index (χ4v) is 4.18. The van der Waals surface area contributed by atoms with Crippen LogP contribution in [-0.2, 0) is 0 Å². The molecule has 2 bridgehead atoms. The van der Waals surface area contributed by atoms with Gasteiger partial charge < -0.3 is 17.3 Å². The van der Waals surface area contributed by atoms with Crippen molar-refractivity contribution in [1.29, 1.82) is 0 Å². The molecule has 3 heterocycles. The van der Waals surface area contributed by atoms with Crippen molar-refractivity contribution in [3.63, 3.8) is 0 Å². The van der Waals surface area contributed by atoms with E-state index in [-0.39, 0.29) is 12.4 Å². The molecule has 3 aliphatic rings. The van der Waals surface area contributed by atoms with Crippen LogP contribution in [0.4, 0.5) is 0 Å². The lowest BCUT2D eigenvalue weighted by Crippen LogP contribution is -3.15. The summed E-state index contributed by atoms with van der Waals surface area (Å²) in [6, 6.07) is 21.8. The molecule has 1 nitrogen and oxygen atoms in total. The molecule has 120 valence electrons. The summed E-state index contributed by atoms with van der Waals surface area (Å²) < 4.78 is 0. The molecule has 2 heteroatoms. The molecule has 1 N–H and O–H groups in total. The zero-order valence-corrected chi connectivity index (χ0v) is 14.2. The second-order valence-corrected chi connectivity index (χ2v) is 6.77. The lowest BCUT2D eigenvalue weighted by molar-refractivity contribution is -0.920. The van der Waals surface area contributed by atoms with Gasteiger partial charge in [0, 0.05) is 18.8 Å². The predicted octanol–water partition coefficient (Wildman–Crippen LogP) is 0.0470. The Labute approximate surface area is 145 Å². The highest BCUT2D eigenvalue weighted by Crippen LogP contribution is 2.31. The van der Waals surface area contributed by atoms with Crippen LogP contribution >= 0.6 is 0 Å². The number of quaternary nitrogens is 1. The van der Waals surface area contributed by atoms with Gasteiger partial charge in [-0.05, 0) is 22.6 Å². The van der Waals surface area contributed by atoms with Gasteiger partial charge in [0.1, 0.15) is 0 Å². The van der Waals surface area contributed by atoms with Gasteiger partial charge in [0.05, 0.1) is 19.6 Å². The number of nitrogens with one attached hydrogen (secondary N) is 1. The van der Waals surface area contributed by atoms with Crippen LogP contribution in [-0.4, -0.2) is 19.6 Å². The van der Waals surface area contributed by atoms with Crippen LogP contribution in [0.15, 0.2) is 66.7 Å². The van der Waals surface area contributed by atoms with E-state index in [1.54, 1.807) is 0 Å². The Hall–Kier alpha value is -1.57. The van der Waals surface area contributed by atoms with Crippen LogP contribution < -0.4 is 17.3 Å². The standard InChI is InChI=1S/C21H23N.ClH/c1-3-7-18(8-4-1)21(19-9-5-2-6-10-19)15-20-16-22-13-11-17(20)12-14-22;/h1-10,15,17,20H,11-14,16H2;1H. The summed E-state index contributed by atoms with van der Waals surface area (Å²) in [6.07, 6.45) is 5.40. The highest BCUT2D eigenvalue weighted by Gasteiger charge is 2.36. The number of rotatable bonds is 3. The van der Waals surface area contributed by atoms with Crippen LogP contribution in [0.2, 0.25) is 0 Å². The minimum atomic E-state index is 0. The van der Waals surface area contributed by atoms with E-state index in [0.717, 1.165) is 11.8 Å². The van der Waals surface area contributed by atoms with Crippen LogP contribution in [0, 0.1) is 11.8 Å². The van der Waals surface area contributed by atoms with Gasteiger partial charge in [-0.2, -0.15) is 0 Å². The van der Waals surface area contributed by atoms with E-state index < -0.39 is 0 Å². The summed E-state index contributed by atoms with van der Waals surface area (Å²) >= 11 is 0. The first-order chi connectivity index (χ1) is 10.9. The molecule has 3 saturated heterocycles. The molecule has 2 aromatic rings. The molecule has 23 heavy (non-hydrogen) atoms. The van der Waals surface area contributed by atoms with Gasteiger partial charge in [-0.1, -0.05) is 66.7 Å². The van der Waals surface area contributed by atoms with Crippen molar-refractivity contribution in [3.05, 3.63) is 77.9 Å². The average Bonchev–Trinajstić information content (AvgIpc) is 2.62. The van der Waals surface area contributed by atoms with E-state index in [2.05, 4.69) is 66.7 Å². The molecule has 5 rings (SSSR count). The number of benzene rings is 2. The van der Waals surface area contributed by atoms with Crippen molar-refractivity contribution in [2.75, 3.05) is 19.6 Å². The Balaban J connectivity index is 0.00000156. The molecule has 0 aliphatic carbocycles. The highest BCUT2D eigenvalue weighted by molar-refractivity contribution is 5.79. The molecule has 1 unspecified atom stereocenters. The van der Waals surface area contributed by atoms with Gasteiger partial charge in [0.2, 0.25) is 0 Å². The third-order valence-corrected chi connectivity index (χ3v) is 5.42. The SMILES string of the molecule is C(=C(c1ccccc1)c1ccccc1)C1C[NH+]2CCC1CC2.[Cl-]. The van der Waals surface area contributed by atoms with Gasteiger partial charge in [0.25, 0.3) is 0 Å². The summed E-state index contributed by atoms with van der Waals surface area (Å²) in [7, 11) is 0. The molecule has 3 aliphatic heterocycles. The van der Waals surface area contributed by atoms with Crippen molar-refractivity contribution in [3.8, 4) is 0 Å². The largest absolute Gasteiger partial charge is 1.00 e. The van der Waals surface area contributed by atoms with Gasteiger partial charge >= 0.3 is 0 Å². The fraction of sp³-hybridized carbons (Fsp3) is 0.333. The van der Waals surface area contributed by atoms with Crippen molar-refractivity contribution in [1.82, 2.24) is 0 Å². The smallest absolute Gasteiger partial charge is 0.0837 e.